The molecule has 0 radical (unpaired) electrons. The van der Waals surface area contributed by atoms with E-state index in [2.05, 4.69) is 20.9 Å². The highest BCUT2D eigenvalue weighted by Crippen LogP contribution is 2.19. The molecule has 0 aromatic carbocycles. The summed E-state index contributed by atoms with van der Waals surface area (Å²) in [5, 5.41) is 0.573. The van der Waals surface area contributed by atoms with Gasteiger partial charge in [0.05, 0.1) is 0 Å². The Hall–Kier alpha value is -0.120. The van der Waals surface area contributed by atoms with Gasteiger partial charge in [-0.05, 0) is 47.3 Å². The average Bonchev–Trinajstić information content (AvgIpc) is 2.06. The van der Waals surface area contributed by atoms with Gasteiger partial charge in [0.15, 0.2) is 0 Å². The maximum atomic E-state index is 5.91. The minimum atomic E-state index is 0.204. The van der Waals surface area contributed by atoms with Crippen LogP contribution in [0.1, 0.15) is 18.9 Å². The predicted molar refractivity (Wildman–Crippen MR) is 58.9 cm³/mol. The third-order valence-electron chi connectivity index (χ3n) is 1.75. The minimum absolute atomic E-state index is 0.204. The van der Waals surface area contributed by atoms with E-state index in [0.717, 1.165) is 22.9 Å². The second kappa shape index (κ2) is 4.94. The predicted octanol–water partition coefficient (Wildman–Crippen LogP) is 2.78. The molecule has 0 fully saturated rings. The highest BCUT2D eigenvalue weighted by molar-refractivity contribution is 9.10. The van der Waals surface area contributed by atoms with Crippen LogP contribution in [0.15, 0.2) is 16.7 Å². The second-order valence-corrected chi connectivity index (χ2v) is 4.39. The third-order valence-corrected chi connectivity index (χ3v) is 2.52. The molecule has 1 aromatic heterocycles. The Morgan fingerprint density at radius 1 is 1.69 bits per heavy atom. The summed E-state index contributed by atoms with van der Waals surface area (Å²) in [5.41, 5.74) is 6.70. The van der Waals surface area contributed by atoms with Crippen molar-refractivity contribution in [2.24, 2.45) is 5.73 Å². The van der Waals surface area contributed by atoms with Crippen molar-refractivity contribution in [2.45, 2.75) is 25.8 Å². The van der Waals surface area contributed by atoms with Gasteiger partial charge in [-0.1, -0.05) is 11.6 Å². The number of nitrogens with zero attached hydrogens (tertiary/aromatic N) is 1. The van der Waals surface area contributed by atoms with E-state index in [4.69, 9.17) is 17.3 Å². The lowest BCUT2D eigenvalue weighted by atomic mass is 10.1. The van der Waals surface area contributed by atoms with E-state index in [-0.39, 0.29) is 6.04 Å². The SMILES string of the molecule is C[C@H](N)CCc1cc(Br)cnc1Cl. The zero-order chi connectivity index (χ0) is 9.84. The van der Waals surface area contributed by atoms with Crippen LogP contribution >= 0.6 is 27.5 Å². The van der Waals surface area contributed by atoms with Gasteiger partial charge in [0.25, 0.3) is 0 Å². The standard InChI is InChI=1S/C9H12BrClN2/c1-6(12)2-3-7-4-8(10)5-13-9(7)11/h4-6H,2-3,12H2,1H3/t6-/m0/s1. The molecule has 1 heterocycles. The zero-order valence-corrected chi connectivity index (χ0v) is 9.77. The van der Waals surface area contributed by atoms with Crippen molar-refractivity contribution >= 4 is 27.5 Å². The maximum absolute atomic E-state index is 5.91. The van der Waals surface area contributed by atoms with Gasteiger partial charge in [0, 0.05) is 16.7 Å². The van der Waals surface area contributed by atoms with Crippen LogP contribution in [-0.4, -0.2) is 11.0 Å². The molecule has 72 valence electrons. The van der Waals surface area contributed by atoms with Gasteiger partial charge in [-0.3, -0.25) is 0 Å². The zero-order valence-electron chi connectivity index (χ0n) is 7.43. The highest BCUT2D eigenvalue weighted by atomic mass is 79.9. The molecule has 0 spiro atoms. The number of hydrogen-bond donors (Lipinski definition) is 1. The van der Waals surface area contributed by atoms with Gasteiger partial charge >= 0.3 is 0 Å². The Labute approximate surface area is 91.6 Å². The van der Waals surface area contributed by atoms with Crippen molar-refractivity contribution in [3.8, 4) is 0 Å². The summed E-state index contributed by atoms with van der Waals surface area (Å²) >= 11 is 9.26. The number of nitrogens with two attached hydrogens (primary N) is 1. The molecular weight excluding hydrogens is 251 g/mol. The molecule has 0 saturated heterocycles. The van der Waals surface area contributed by atoms with Gasteiger partial charge in [-0.25, -0.2) is 4.98 Å². The van der Waals surface area contributed by atoms with Crippen LogP contribution < -0.4 is 5.73 Å². The lowest BCUT2D eigenvalue weighted by Gasteiger charge is -2.06. The molecule has 0 aliphatic heterocycles. The summed E-state index contributed by atoms with van der Waals surface area (Å²) in [5.74, 6) is 0. The molecule has 0 unspecified atom stereocenters. The van der Waals surface area contributed by atoms with E-state index in [1.807, 2.05) is 13.0 Å². The van der Waals surface area contributed by atoms with E-state index in [1.54, 1.807) is 6.20 Å². The fourth-order valence-corrected chi connectivity index (χ4v) is 1.60. The topological polar surface area (TPSA) is 38.9 Å². The van der Waals surface area contributed by atoms with Crippen molar-refractivity contribution < 1.29 is 0 Å². The van der Waals surface area contributed by atoms with Crippen LogP contribution in [0.5, 0.6) is 0 Å². The van der Waals surface area contributed by atoms with Crippen LogP contribution in [0.4, 0.5) is 0 Å². The summed E-state index contributed by atoms with van der Waals surface area (Å²) in [4.78, 5) is 4.03. The number of aryl methyl sites for hydroxylation is 1. The smallest absolute Gasteiger partial charge is 0.132 e. The average molecular weight is 264 g/mol. The van der Waals surface area contributed by atoms with E-state index >= 15 is 0 Å². The fraction of sp³-hybridized carbons (Fsp3) is 0.444. The van der Waals surface area contributed by atoms with Gasteiger partial charge in [-0.2, -0.15) is 0 Å². The van der Waals surface area contributed by atoms with Crippen LogP contribution in [-0.2, 0) is 6.42 Å². The largest absolute Gasteiger partial charge is 0.328 e. The Kier molecular flexibility index (Phi) is 4.16. The number of rotatable bonds is 3. The monoisotopic (exact) mass is 262 g/mol. The Balaban J connectivity index is 2.70. The van der Waals surface area contributed by atoms with E-state index < -0.39 is 0 Å². The summed E-state index contributed by atoms with van der Waals surface area (Å²) < 4.78 is 0.955. The maximum Gasteiger partial charge on any atom is 0.132 e. The Bertz CT molecular complexity index is 289. The molecule has 0 saturated carbocycles. The number of halogens is 2. The molecule has 1 rings (SSSR count). The van der Waals surface area contributed by atoms with Crippen molar-refractivity contribution in [3.05, 3.63) is 27.5 Å². The number of aromatic nitrogens is 1. The lowest BCUT2D eigenvalue weighted by molar-refractivity contribution is 0.665. The normalized spacial score (nSPS) is 12.9. The molecule has 1 aromatic rings. The van der Waals surface area contributed by atoms with Crippen LogP contribution in [0, 0.1) is 0 Å². The highest BCUT2D eigenvalue weighted by Gasteiger charge is 2.03. The van der Waals surface area contributed by atoms with Crippen LogP contribution in [0.3, 0.4) is 0 Å². The van der Waals surface area contributed by atoms with Crippen molar-refractivity contribution in [2.75, 3.05) is 0 Å². The molecule has 2 nitrogen and oxygen atoms in total. The molecule has 0 aliphatic carbocycles. The first-order valence-corrected chi connectivity index (χ1v) is 5.32. The molecule has 0 bridgehead atoms. The first-order valence-electron chi connectivity index (χ1n) is 4.15. The number of pyridine rings is 1. The van der Waals surface area contributed by atoms with E-state index in [1.165, 1.54) is 0 Å². The van der Waals surface area contributed by atoms with Crippen molar-refractivity contribution in [1.29, 1.82) is 0 Å². The quantitative estimate of drug-likeness (QED) is 0.852. The van der Waals surface area contributed by atoms with Gasteiger partial charge in [0.2, 0.25) is 0 Å². The molecule has 13 heavy (non-hydrogen) atoms. The second-order valence-electron chi connectivity index (χ2n) is 3.12. The molecule has 0 aliphatic rings. The summed E-state index contributed by atoms with van der Waals surface area (Å²) in [7, 11) is 0. The Morgan fingerprint density at radius 2 is 2.38 bits per heavy atom. The van der Waals surface area contributed by atoms with Gasteiger partial charge in [0.1, 0.15) is 5.15 Å². The first kappa shape index (κ1) is 11.0. The molecule has 2 N–H and O–H groups in total. The van der Waals surface area contributed by atoms with Crippen LogP contribution in [0.2, 0.25) is 5.15 Å². The van der Waals surface area contributed by atoms with Crippen molar-refractivity contribution in [3.63, 3.8) is 0 Å². The van der Waals surface area contributed by atoms with E-state index in [9.17, 15) is 0 Å². The Morgan fingerprint density at radius 3 is 3.00 bits per heavy atom. The molecule has 1 atom stereocenters. The van der Waals surface area contributed by atoms with Gasteiger partial charge in [-0.15, -0.1) is 0 Å². The fourth-order valence-electron chi connectivity index (χ4n) is 1.02. The van der Waals surface area contributed by atoms with E-state index in [0.29, 0.717) is 5.15 Å². The first-order chi connectivity index (χ1) is 6.09. The summed E-state index contributed by atoms with van der Waals surface area (Å²) in [6.07, 6.45) is 3.50. The molecule has 4 heteroatoms. The minimum Gasteiger partial charge on any atom is -0.328 e. The number of hydrogen-bond acceptors (Lipinski definition) is 2. The summed E-state index contributed by atoms with van der Waals surface area (Å²) in [6, 6.07) is 2.19. The van der Waals surface area contributed by atoms with Crippen LogP contribution in [0.25, 0.3) is 0 Å². The van der Waals surface area contributed by atoms with Crippen molar-refractivity contribution in [1.82, 2.24) is 4.98 Å². The summed E-state index contributed by atoms with van der Waals surface area (Å²) in [6.45, 7) is 1.99. The van der Waals surface area contributed by atoms with Gasteiger partial charge < -0.3 is 5.73 Å². The lowest BCUT2D eigenvalue weighted by Crippen LogP contribution is -2.15. The molecular formula is C9H12BrClN2. The third kappa shape index (κ3) is 3.63. The molecule has 0 amide bonds.